The first-order valence-electron chi connectivity index (χ1n) is 7.70. The van der Waals surface area contributed by atoms with Crippen LogP contribution >= 0.6 is 35.0 Å². The number of aryl methyl sites for hydroxylation is 1. The summed E-state index contributed by atoms with van der Waals surface area (Å²) in [5, 5.41) is 6.16. The predicted molar refractivity (Wildman–Crippen MR) is 107 cm³/mol. The number of benzene rings is 2. The Morgan fingerprint density at radius 1 is 0.960 bits per heavy atom. The number of nitrogens with one attached hydrogen (secondary N) is 2. The van der Waals surface area contributed by atoms with Gasteiger partial charge in [-0.05, 0) is 36.2 Å². The van der Waals surface area contributed by atoms with Gasteiger partial charge in [-0.15, -0.1) is 11.8 Å². The maximum Gasteiger partial charge on any atom is 0.234 e. The summed E-state index contributed by atoms with van der Waals surface area (Å²) in [6.07, 6.45) is 0.954. The first-order valence-corrected chi connectivity index (χ1v) is 9.61. The Hall–Kier alpha value is -1.69. The molecular weight excluding hydrogens is 379 g/mol. The molecule has 4 nitrogen and oxygen atoms in total. The lowest BCUT2D eigenvalue weighted by Crippen LogP contribution is -2.18. The van der Waals surface area contributed by atoms with Crippen molar-refractivity contribution in [1.29, 1.82) is 0 Å². The Bertz CT molecular complexity index is 751. The molecule has 0 bridgehead atoms. The van der Waals surface area contributed by atoms with Crippen molar-refractivity contribution in [3.05, 3.63) is 58.1 Å². The number of carbonyl (C=O) groups excluding carboxylic acids is 2. The van der Waals surface area contributed by atoms with E-state index in [4.69, 9.17) is 23.2 Å². The lowest BCUT2D eigenvalue weighted by Gasteiger charge is -2.08. The van der Waals surface area contributed by atoms with Crippen molar-refractivity contribution in [2.24, 2.45) is 0 Å². The van der Waals surface area contributed by atoms with Crippen LogP contribution in [0, 0.1) is 0 Å². The van der Waals surface area contributed by atoms with Crippen LogP contribution in [0.1, 0.15) is 12.5 Å². The van der Waals surface area contributed by atoms with E-state index < -0.39 is 0 Å². The highest BCUT2D eigenvalue weighted by atomic mass is 35.5. The molecule has 0 unspecified atom stereocenters. The van der Waals surface area contributed by atoms with Gasteiger partial charge in [0.15, 0.2) is 0 Å². The third-order valence-corrected chi connectivity index (χ3v) is 5.09. The number of hydrogen-bond acceptors (Lipinski definition) is 3. The fraction of sp³-hybridized carbons (Fsp3) is 0.222. The molecule has 2 aromatic carbocycles. The molecule has 2 N–H and O–H groups in total. The topological polar surface area (TPSA) is 58.2 Å². The van der Waals surface area contributed by atoms with Gasteiger partial charge in [0, 0.05) is 5.69 Å². The molecule has 25 heavy (non-hydrogen) atoms. The van der Waals surface area contributed by atoms with Gasteiger partial charge in [-0.2, -0.15) is 0 Å². The summed E-state index contributed by atoms with van der Waals surface area (Å²) in [6, 6.07) is 12.7. The van der Waals surface area contributed by atoms with Gasteiger partial charge in [-0.1, -0.05) is 48.3 Å². The molecule has 0 aliphatic carbocycles. The van der Waals surface area contributed by atoms with Crippen LogP contribution in [-0.4, -0.2) is 23.3 Å². The highest BCUT2D eigenvalue weighted by Crippen LogP contribution is 2.29. The van der Waals surface area contributed by atoms with E-state index in [1.807, 2.05) is 24.3 Å². The van der Waals surface area contributed by atoms with Crippen molar-refractivity contribution >= 4 is 58.2 Å². The number of anilines is 2. The zero-order chi connectivity index (χ0) is 18.2. The summed E-state index contributed by atoms with van der Waals surface area (Å²) >= 11 is 13.1. The first kappa shape index (κ1) is 19.6. The van der Waals surface area contributed by atoms with E-state index in [0.717, 1.165) is 12.1 Å². The van der Waals surface area contributed by atoms with Crippen molar-refractivity contribution in [1.82, 2.24) is 0 Å². The van der Waals surface area contributed by atoms with Crippen molar-refractivity contribution in [2.45, 2.75) is 13.3 Å². The summed E-state index contributed by atoms with van der Waals surface area (Å²) in [7, 11) is 0. The zero-order valence-electron chi connectivity index (χ0n) is 13.6. The molecular formula is C18H18Cl2N2O2S. The van der Waals surface area contributed by atoms with E-state index in [1.54, 1.807) is 18.2 Å². The molecule has 0 radical (unpaired) electrons. The standard InChI is InChI=1S/C18H18Cl2N2O2S/c1-2-12-6-8-13(9-7-12)21-16(23)10-25-11-17(24)22-15-5-3-4-14(19)18(15)20/h3-9H,2,10-11H2,1H3,(H,21,23)(H,22,24). The summed E-state index contributed by atoms with van der Waals surface area (Å²) in [6.45, 7) is 2.08. The third-order valence-electron chi connectivity index (χ3n) is 3.34. The van der Waals surface area contributed by atoms with E-state index in [1.165, 1.54) is 17.3 Å². The third kappa shape index (κ3) is 6.27. The van der Waals surface area contributed by atoms with Crippen LogP contribution in [0.2, 0.25) is 10.0 Å². The maximum absolute atomic E-state index is 11.9. The summed E-state index contributed by atoms with van der Waals surface area (Å²) in [5.41, 5.74) is 2.42. The molecule has 2 amide bonds. The van der Waals surface area contributed by atoms with Crippen LogP contribution in [-0.2, 0) is 16.0 Å². The Morgan fingerprint density at radius 3 is 2.24 bits per heavy atom. The quantitative estimate of drug-likeness (QED) is 0.701. The SMILES string of the molecule is CCc1ccc(NC(=O)CSCC(=O)Nc2cccc(Cl)c2Cl)cc1. The number of thioether (sulfide) groups is 1. The zero-order valence-corrected chi connectivity index (χ0v) is 16.0. The average molecular weight is 397 g/mol. The fourth-order valence-corrected chi connectivity index (χ4v) is 3.01. The molecule has 0 saturated carbocycles. The van der Waals surface area contributed by atoms with E-state index in [0.29, 0.717) is 15.7 Å². The molecule has 0 spiro atoms. The minimum atomic E-state index is -0.241. The maximum atomic E-state index is 11.9. The van der Waals surface area contributed by atoms with Crippen LogP contribution in [0.15, 0.2) is 42.5 Å². The van der Waals surface area contributed by atoms with E-state index >= 15 is 0 Å². The number of halogens is 2. The normalized spacial score (nSPS) is 10.4. The van der Waals surface area contributed by atoms with Gasteiger partial charge in [0.1, 0.15) is 0 Å². The molecule has 0 fully saturated rings. The molecule has 0 aliphatic heterocycles. The van der Waals surface area contributed by atoms with Crippen LogP contribution in [0.4, 0.5) is 11.4 Å². The van der Waals surface area contributed by atoms with E-state index in [9.17, 15) is 9.59 Å². The Morgan fingerprint density at radius 2 is 1.60 bits per heavy atom. The number of amides is 2. The van der Waals surface area contributed by atoms with Crippen molar-refractivity contribution in [3.63, 3.8) is 0 Å². The van der Waals surface area contributed by atoms with E-state index in [-0.39, 0.29) is 23.3 Å². The second kappa shape index (κ2) is 9.70. The fourth-order valence-electron chi connectivity index (χ4n) is 2.04. The van der Waals surface area contributed by atoms with Gasteiger partial charge in [0.25, 0.3) is 0 Å². The Labute approximate surface area is 161 Å². The van der Waals surface area contributed by atoms with Gasteiger partial charge in [0.2, 0.25) is 11.8 Å². The summed E-state index contributed by atoms with van der Waals surface area (Å²) in [4.78, 5) is 23.8. The van der Waals surface area contributed by atoms with Gasteiger partial charge >= 0.3 is 0 Å². The molecule has 2 aromatic rings. The summed E-state index contributed by atoms with van der Waals surface area (Å²) < 4.78 is 0. The van der Waals surface area contributed by atoms with Crippen LogP contribution in [0.5, 0.6) is 0 Å². The minimum Gasteiger partial charge on any atom is -0.325 e. The lowest BCUT2D eigenvalue weighted by atomic mass is 10.1. The van der Waals surface area contributed by atoms with Crippen molar-refractivity contribution in [2.75, 3.05) is 22.1 Å². The minimum absolute atomic E-state index is 0.144. The number of carbonyl (C=O) groups is 2. The molecule has 0 aliphatic rings. The molecule has 0 saturated heterocycles. The average Bonchev–Trinajstić information content (AvgIpc) is 2.59. The second-order valence-electron chi connectivity index (χ2n) is 5.24. The molecule has 132 valence electrons. The number of rotatable bonds is 7. The van der Waals surface area contributed by atoms with Crippen LogP contribution < -0.4 is 10.6 Å². The second-order valence-corrected chi connectivity index (χ2v) is 7.01. The molecule has 2 rings (SSSR count). The first-order chi connectivity index (χ1) is 12.0. The monoisotopic (exact) mass is 396 g/mol. The molecule has 0 aromatic heterocycles. The van der Waals surface area contributed by atoms with Gasteiger partial charge < -0.3 is 10.6 Å². The number of hydrogen-bond donors (Lipinski definition) is 2. The van der Waals surface area contributed by atoms with Crippen molar-refractivity contribution in [3.8, 4) is 0 Å². The summed E-state index contributed by atoms with van der Waals surface area (Å²) in [5.74, 6) is -0.0610. The van der Waals surface area contributed by atoms with Gasteiger partial charge in [-0.3, -0.25) is 9.59 Å². The van der Waals surface area contributed by atoms with Gasteiger partial charge in [0.05, 0.1) is 27.2 Å². The Balaban J connectivity index is 1.74. The molecule has 0 heterocycles. The largest absolute Gasteiger partial charge is 0.325 e. The lowest BCUT2D eigenvalue weighted by molar-refractivity contribution is -0.114. The predicted octanol–water partition coefficient (Wildman–Crippen LogP) is 4.87. The molecule has 7 heteroatoms. The van der Waals surface area contributed by atoms with E-state index in [2.05, 4.69) is 17.6 Å². The van der Waals surface area contributed by atoms with Gasteiger partial charge in [-0.25, -0.2) is 0 Å². The molecule has 0 atom stereocenters. The Kier molecular flexibility index (Phi) is 7.62. The highest BCUT2D eigenvalue weighted by molar-refractivity contribution is 8.00. The van der Waals surface area contributed by atoms with Crippen LogP contribution in [0.25, 0.3) is 0 Å². The highest BCUT2D eigenvalue weighted by Gasteiger charge is 2.10. The smallest absolute Gasteiger partial charge is 0.234 e. The van der Waals surface area contributed by atoms with Crippen LogP contribution in [0.3, 0.4) is 0 Å². The van der Waals surface area contributed by atoms with Crippen molar-refractivity contribution < 1.29 is 9.59 Å².